The summed E-state index contributed by atoms with van der Waals surface area (Å²) in [7, 11) is 0. The van der Waals surface area contributed by atoms with Crippen molar-refractivity contribution in [2.24, 2.45) is 0 Å². The fourth-order valence-corrected chi connectivity index (χ4v) is 9.75. The Bertz CT molecular complexity index is 3610. The fraction of sp³-hybridized carbons (Fsp3) is 0. The second kappa shape index (κ2) is 13.9. The number of thiophene rings is 1. The molecule has 12 rings (SSSR count). The van der Waals surface area contributed by atoms with Gasteiger partial charge in [-0.15, -0.1) is 11.3 Å². The molecule has 0 atom stereocenters. The molecule has 0 radical (unpaired) electrons. The lowest BCUT2D eigenvalue weighted by molar-refractivity contribution is 0.623. The molecule has 3 heterocycles. The number of hydrogen-bond acceptors (Lipinski definition) is 6. The van der Waals surface area contributed by atoms with E-state index in [1.807, 2.05) is 42.5 Å². The molecule has 60 heavy (non-hydrogen) atoms. The summed E-state index contributed by atoms with van der Waals surface area (Å²) in [6, 6.07) is 67.5. The minimum Gasteiger partial charge on any atom is -0.435 e. The number of rotatable bonds is 6. The fourth-order valence-electron chi connectivity index (χ4n) is 8.54. The van der Waals surface area contributed by atoms with Gasteiger partial charge in [0, 0.05) is 47.8 Å². The molecule has 12 aromatic rings. The Labute approximate surface area is 348 Å². The summed E-state index contributed by atoms with van der Waals surface area (Å²) in [4.78, 5) is 20.9. The molecule has 0 unspecified atom stereocenters. The van der Waals surface area contributed by atoms with Gasteiger partial charge in [0.15, 0.2) is 23.1 Å². The van der Waals surface area contributed by atoms with E-state index >= 15 is 0 Å². The molecule has 0 amide bonds. The molecule has 0 saturated carbocycles. The molecule has 0 aliphatic rings. The van der Waals surface area contributed by atoms with Crippen LogP contribution in [0, 0.1) is 0 Å². The number of hydrogen-bond donors (Lipinski definition) is 0. The monoisotopic (exact) mass is 784 g/mol. The highest BCUT2D eigenvalue weighted by Crippen LogP contribution is 2.42. The molecule has 0 aliphatic heterocycles. The molecule has 0 saturated heterocycles. The van der Waals surface area contributed by atoms with E-state index < -0.39 is 0 Å². The second-order valence-corrected chi connectivity index (χ2v) is 16.0. The van der Waals surface area contributed by atoms with Crippen molar-refractivity contribution < 1.29 is 4.42 Å². The van der Waals surface area contributed by atoms with E-state index in [1.165, 1.54) is 15.5 Å². The minimum absolute atomic E-state index is 0.607. The summed E-state index contributed by atoms with van der Waals surface area (Å²) in [5, 5.41) is 6.68. The third kappa shape index (κ3) is 5.69. The zero-order valence-corrected chi connectivity index (χ0v) is 32.9. The predicted octanol–water partition coefficient (Wildman–Crippen LogP) is 14.7. The van der Waals surface area contributed by atoms with Crippen LogP contribution < -0.4 is 0 Å². The Morgan fingerprint density at radius 2 is 0.967 bits per heavy atom. The largest absolute Gasteiger partial charge is 0.435 e. The van der Waals surface area contributed by atoms with Crippen LogP contribution in [0.3, 0.4) is 0 Å². The third-order valence-electron chi connectivity index (χ3n) is 11.4. The van der Waals surface area contributed by atoms with Crippen LogP contribution in [0.25, 0.3) is 121 Å². The van der Waals surface area contributed by atoms with Gasteiger partial charge in [-0.1, -0.05) is 158 Å². The molecule has 0 aliphatic carbocycles. The van der Waals surface area contributed by atoms with E-state index in [0.717, 1.165) is 81.9 Å². The zero-order valence-electron chi connectivity index (χ0n) is 32.1. The summed E-state index contributed by atoms with van der Waals surface area (Å²) in [6.45, 7) is 0. The maximum absolute atomic E-state index is 6.57. The highest BCUT2D eigenvalue weighted by atomic mass is 32.1. The van der Waals surface area contributed by atoms with Crippen molar-refractivity contribution >= 4 is 64.2 Å². The maximum Gasteiger partial charge on any atom is 0.227 e. The highest BCUT2D eigenvalue weighted by Gasteiger charge is 2.20. The number of benzene rings is 9. The van der Waals surface area contributed by atoms with Crippen LogP contribution in [0.5, 0.6) is 0 Å². The molecule has 0 bridgehead atoms. The summed E-state index contributed by atoms with van der Waals surface area (Å²) < 4.78 is 8.96. The molecule has 6 heteroatoms. The maximum atomic E-state index is 6.57. The van der Waals surface area contributed by atoms with E-state index in [9.17, 15) is 0 Å². The van der Waals surface area contributed by atoms with Crippen LogP contribution in [0.1, 0.15) is 0 Å². The molecule has 3 aromatic heterocycles. The lowest BCUT2D eigenvalue weighted by Crippen LogP contribution is -2.01. The van der Waals surface area contributed by atoms with Crippen LogP contribution in [0.4, 0.5) is 0 Å². The molecular formula is C54H32N4OS. The first kappa shape index (κ1) is 34.3. The molecule has 0 N–H and O–H groups in total. The van der Waals surface area contributed by atoms with Crippen LogP contribution in [-0.2, 0) is 0 Å². The first-order chi connectivity index (χ1) is 29.7. The predicted molar refractivity (Wildman–Crippen MR) is 248 cm³/mol. The van der Waals surface area contributed by atoms with Crippen LogP contribution >= 0.6 is 11.3 Å². The Hall–Kier alpha value is -7.80. The standard InChI is InChI=1S/C54H32N4OS/c1-3-14-33(15-4-1)38-20-7-8-22-42(38)51-56-52(58-53(57-51)44-26-13-24-41-40-21-9-10-27-47(40)60-50(41)44)43-25-11-18-34-28-29-37(32-45(34)43)39-23-12-19-35-30-31-46-49(48(35)39)59-54(55-46)36-16-5-2-6-17-36/h1-32H. The Kier molecular flexibility index (Phi) is 7.96. The van der Waals surface area contributed by atoms with Crippen LogP contribution in [-0.4, -0.2) is 19.9 Å². The van der Waals surface area contributed by atoms with Crippen molar-refractivity contribution in [1.82, 2.24) is 19.9 Å². The van der Waals surface area contributed by atoms with E-state index in [2.05, 4.69) is 152 Å². The number of aromatic nitrogens is 4. The zero-order chi connectivity index (χ0) is 39.6. The van der Waals surface area contributed by atoms with Crippen LogP contribution in [0.15, 0.2) is 199 Å². The summed E-state index contributed by atoms with van der Waals surface area (Å²) in [6.07, 6.45) is 0. The van der Waals surface area contributed by atoms with Gasteiger partial charge in [0.25, 0.3) is 0 Å². The smallest absolute Gasteiger partial charge is 0.227 e. The van der Waals surface area contributed by atoms with E-state index in [0.29, 0.717) is 23.4 Å². The van der Waals surface area contributed by atoms with Gasteiger partial charge in [-0.25, -0.2) is 19.9 Å². The van der Waals surface area contributed by atoms with Gasteiger partial charge in [0.1, 0.15) is 5.52 Å². The number of nitrogens with zero attached hydrogens (tertiary/aromatic N) is 4. The molecule has 5 nitrogen and oxygen atoms in total. The molecule has 0 spiro atoms. The Morgan fingerprint density at radius 1 is 0.367 bits per heavy atom. The number of fused-ring (bicyclic) bond motifs is 7. The van der Waals surface area contributed by atoms with Gasteiger partial charge >= 0.3 is 0 Å². The molecular weight excluding hydrogens is 753 g/mol. The van der Waals surface area contributed by atoms with Gasteiger partial charge in [-0.2, -0.15) is 0 Å². The number of oxazole rings is 1. The van der Waals surface area contributed by atoms with Crippen molar-refractivity contribution in [2.75, 3.05) is 0 Å². The Morgan fingerprint density at radius 3 is 1.80 bits per heavy atom. The quantitative estimate of drug-likeness (QED) is 0.168. The van der Waals surface area contributed by atoms with Gasteiger partial charge in [-0.05, 0) is 74.8 Å². The highest BCUT2D eigenvalue weighted by molar-refractivity contribution is 7.26. The Balaban J connectivity index is 1.08. The van der Waals surface area contributed by atoms with Gasteiger partial charge in [-0.3, -0.25) is 0 Å². The van der Waals surface area contributed by atoms with E-state index in [1.54, 1.807) is 11.3 Å². The van der Waals surface area contributed by atoms with Gasteiger partial charge in [0.05, 0.1) is 0 Å². The minimum atomic E-state index is 0.607. The average Bonchev–Trinajstić information content (AvgIpc) is 3.94. The molecule has 0 fully saturated rings. The summed E-state index contributed by atoms with van der Waals surface area (Å²) >= 11 is 1.78. The average molecular weight is 785 g/mol. The van der Waals surface area contributed by atoms with Crippen molar-refractivity contribution in [3.8, 4) is 67.9 Å². The summed E-state index contributed by atoms with van der Waals surface area (Å²) in [5.74, 6) is 2.48. The van der Waals surface area contributed by atoms with Crippen LogP contribution in [0.2, 0.25) is 0 Å². The van der Waals surface area contributed by atoms with E-state index in [-0.39, 0.29) is 0 Å². The SMILES string of the molecule is c1ccc(-c2nc3ccc4cccc(-c5ccc6cccc(-c7nc(-c8ccccc8-c8ccccc8)nc(-c8cccc9c8sc8ccccc89)n7)c6c5)c4c3o2)cc1. The van der Waals surface area contributed by atoms with Gasteiger partial charge in [0.2, 0.25) is 5.89 Å². The lowest BCUT2D eigenvalue weighted by Gasteiger charge is -2.14. The van der Waals surface area contributed by atoms with Crippen molar-refractivity contribution in [3.63, 3.8) is 0 Å². The third-order valence-corrected chi connectivity index (χ3v) is 12.6. The first-order valence-corrected chi connectivity index (χ1v) is 20.8. The normalized spacial score (nSPS) is 11.7. The van der Waals surface area contributed by atoms with Gasteiger partial charge < -0.3 is 4.42 Å². The van der Waals surface area contributed by atoms with Crippen molar-refractivity contribution in [1.29, 1.82) is 0 Å². The second-order valence-electron chi connectivity index (χ2n) is 14.9. The topological polar surface area (TPSA) is 64.7 Å². The van der Waals surface area contributed by atoms with Crippen molar-refractivity contribution in [2.45, 2.75) is 0 Å². The molecule has 280 valence electrons. The van der Waals surface area contributed by atoms with Crippen molar-refractivity contribution in [3.05, 3.63) is 194 Å². The molecule has 9 aromatic carbocycles. The lowest BCUT2D eigenvalue weighted by atomic mass is 9.94. The first-order valence-electron chi connectivity index (χ1n) is 20.0. The van der Waals surface area contributed by atoms with E-state index in [4.69, 9.17) is 24.4 Å². The summed E-state index contributed by atoms with van der Waals surface area (Å²) in [5.41, 5.74) is 9.69.